The van der Waals surface area contributed by atoms with Gasteiger partial charge in [0.2, 0.25) is 0 Å². The summed E-state index contributed by atoms with van der Waals surface area (Å²) < 4.78 is 14.4. The van der Waals surface area contributed by atoms with Gasteiger partial charge in [0, 0.05) is 35.9 Å². The molecule has 3 aromatic rings. The van der Waals surface area contributed by atoms with Gasteiger partial charge in [-0.15, -0.1) is 0 Å². The third-order valence-electron chi connectivity index (χ3n) is 5.31. The summed E-state index contributed by atoms with van der Waals surface area (Å²) in [6.07, 6.45) is 4.55. The van der Waals surface area contributed by atoms with Crippen LogP contribution in [-0.4, -0.2) is 49.0 Å². The number of pyridine rings is 2. The van der Waals surface area contributed by atoms with Crippen LogP contribution in [0.25, 0.3) is 11.0 Å². The van der Waals surface area contributed by atoms with E-state index in [1.54, 1.807) is 12.4 Å². The number of anilines is 2. The maximum Gasteiger partial charge on any atom is 0.408 e. The molecular formula is C21H26ClN7O2S2. The van der Waals surface area contributed by atoms with Crippen LogP contribution in [-0.2, 0) is 4.74 Å². The summed E-state index contributed by atoms with van der Waals surface area (Å²) in [5.41, 5.74) is 6.50. The molecule has 12 heteroatoms. The Morgan fingerprint density at radius 3 is 2.64 bits per heavy atom. The molecule has 33 heavy (non-hydrogen) atoms. The average Bonchev–Trinajstić information content (AvgIpc) is 3.21. The molecule has 1 aliphatic rings. The SMILES string of the molecule is CC1(NC(=O)OC(C)(C)C)CCN(c2ncc(Sc3ccnc(N)c3Cl)c3nsnc23)CC1. The number of nitrogen functional groups attached to an aromatic ring is 1. The normalized spacial score (nSPS) is 16.1. The molecule has 4 heterocycles. The number of carbonyl (C=O) groups excluding carboxylic acids is 1. The fourth-order valence-electron chi connectivity index (χ4n) is 3.57. The van der Waals surface area contributed by atoms with Gasteiger partial charge in [0.05, 0.1) is 21.6 Å². The minimum Gasteiger partial charge on any atom is -0.444 e. The van der Waals surface area contributed by atoms with Crippen molar-refractivity contribution in [1.29, 1.82) is 0 Å². The van der Waals surface area contributed by atoms with Gasteiger partial charge >= 0.3 is 6.09 Å². The van der Waals surface area contributed by atoms with Gasteiger partial charge in [0.25, 0.3) is 0 Å². The highest BCUT2D eigenvalue weighted by atomic mass is 35.5. The molecule has 0 unspecified atom stereocenters. The first-order valence-electron chi connectivity index (χ1n) is 10.5. The Kier molecular flexibility index (Phi) is 6.56. The van der Waals surface area contributed by atoms with Crippen LogP contribution in [0.4, 0.5) is 16.4 Å². The summed E-state index contributed by atoms with van der Waals surface area (Å²) in [7, 11) is 0. The number of hydrogen-bond donors (Lipinski definition) is 2. The van der Waals surface area contributed by atoms with Crippen LogP contribution in [0.2, 0.25) is 5.02 Å². The van der Waals surface area contributed by atoms with E-state index >= 15 is 0 Å². The first kappa shape index (κ1) is 23.8. The molecule has 0 aromatic carbocycles. The van der Waals surface area contributed by atoms with Gasteiger partial charge in [-0.05, 0) is 46.6 Å². The molecule has 1 saturated heterocycles. The van der Waals surface area contributed by atoms with Crippen molar-refractivity contribution in [2.24, 2.45) is 0 Å². The van der Waals surface area contributed by atoms with Crippen LogP contribution in [0.1, 0.15) is 40.5 Å². The number of aromatic nitrogens is 4. The lowest BCUT2D eigenvalue weighted by atomic mass is 9.90. The molecule has 3 N–H and O–H groups in total. The van der Waals surface area contributed by atoms with Crippen LogP contribution in [0.15, 0.2) is 28.3 Å². The van der Waals surface area contributed by atoms with Crippen molar-refractivity contribution in [3.63, 3.8) is 0 Å². The average molecular weight is 508 g/mol. The Bertz CT molecular complexity index is 1170. The maximum atomic E-state index is 12.3. The Morgan fingerprint density at radius 2 is 1.94 bits per heavy atom. The van der Waals surface area contributed by atoms with Gasteiger partial charge in [0.15, 0.2) is 5.82 Å². The predicted octanol–water partition coefficient (Wildman–Crippen LogP) is 4.75. The number of fused-ring (bicyclic) bond motifs is 1. The van der Waals surface area contributed by atoms with Crippen LogP contribution in [0, 0.1) is 0 Å². The van der Waals surface area contributed by atoms with Crippen molar-refractivity contribution in [2.45, 2.75) is 61.5 Å². The lowest BCUT2D eigenvalue weighted by molar-refractivity contribution is 0.0448. The molecule has 1 aliphatic heterocycles. The van der Waals surface area contributed by atoms with E-state index < -0.39 is 5.60 Å². The number of hydrogen-bond acceptors (Lipinski definition) is 10. The van der Waals surface area contributed by atoms with Gasteiger partial charge in [0.1, 0.15) is 22.5 Å². The number of halogens is 1. The topological polar surface area (TPSA) is 119 Å². The summed E-state index contributed by atoms with van der Waals surface area (Å²) >= 11 is 8.90. The molecule has 3 aromatic heterocycles. The van der Waals surface area contributed by atoms with E-state index in [-0.39, 0.29) is 17.5 Å². The van der Waals surface area contributed by atoms with Crippen molar-refractivity contribution in [3.05, 3.63) is 23.5 Å². The molecule has 0 spiro atoms. The van der Waals surface area contributed by atoms with Gasteiger partial charge in [-0.2, -0.15) is 8.75 Å². The number of piperidine rings is 1. The summed E-state index contributed by atoms with van der Waals surface area (Å²) in [5, 5.41) is 3.45. The third kappa shape index (κ3) is 5.42. The highest BCUT2D eigenvalue weighted by Gasteiger charge is 2.34. The zero-order valence-electron chi connectivity index (χ0n) is 18.9. The Morgan fingerprint density at radius 1 is 1.24 bits per heavy atom. The van der Waals surface area contributed by atoms with E-state index in [0.29, 0.717) is 5.02 Å². The number of ether oxygens (including phenoxy) is 1. The second-order valence-corrected chi connectivity index (χ2v) is 11.2. The number of nitrogens with one attached hydrogen (secondary N) is 1. The first-order valence-corrected chi connectivity index (χ1v) is 12.4. The fraction of sp³-hybridized carbons (Fsp3) is 0.476. The number of rotatable bonds is 4. The Hall–Kier alpha value is -2.37. The van der Waals surface area contributed by atoms with E-state index in [9.17, 15) is 4.79 Å². The van der Waals surface area contributed by atoms with E-state index in [2.05, 4.69) is 23.9 Å². The summed E-state index contributed by atoms with van der Waals surface area (Å²) in [6.45, 7) is 9.07. The maximum absolute atomic E-state index is 12.3. The Labute approximate surface area is 205 Å². The quantitative estimate of drug-likeness (QED) is 0.515. The predicted molar refractivity (Wildman–Crippen MR) is 132 cm³/mol. The number of nitrogens with zero attached hydrogens (tertiary/aromatic N) is 5. The van der Waals surface area contributed by atoms with Crippen LogP contribution in [0.5, 0.6) is 0 Å². The van der Waals surface area contributed by atoms with Crippen LogP contribution in [0.3, 0.4) is 0 Å². The van der Waals surface area contributed by atoms with Gasteiger partial charge in [-0.1, -0.05) is 23.4 Å². The van der Waals surface area contributed by atoms with Crippen molar-refractivity contribution >= 4 is 63.9 Å². The summed E-state index contributed by atoms with van der Waals surface area (Å²) in [5.74, 6) is 1.08. The van der Waals surface area contributed by atoms with E-state index in [1.807, 2.05) is 33.8 Å². The van der Waals surface area contributed by atoms with E-state index in [1.165, 1.54) is 11.8 Å². The van der Waals surface area contributed by atoms with Crippen LogP contribution < -0.4 is 16.0 Å². The van der Waals surface area contributed by atoms with E-state index in [4.69, 9.17) is 27.1 Å². The first-order chi connectivity index (χ1) is 15.5. The fourth-order valence-corrected chi connectivity index (χ4v) is 5.32. The third-order valence-corrected chi connectivity index (χ3v) is 7.42. The van der Waals surface area contributed by atoms with Crippen molar-refractivity contribution in [2.75, 3.05) is 23.7 Å². The molecule has 0 radical (unpaired) electrons. The van der Waals surface area contributed by atoms with Crippen molar-refractivity contribution < 1.29 is 9.53 Å². The highest BCUT2D eigenvalue weighted by molar-refractivity contribution is 7.99. The van der Waals surface area contributed by atoms with Crippen molar-refractivity contribution in [1.82, 2.24) is 24.0 Å². The second-order valence-electron chi connectivity index (χ2n) is 9.19. The smallest absolute Gasteiger partial charge is 0.408 e. The van der Waals surface area contributed by atoms with Crippen molar-refractivity contribution in [3.8, 4) is 0 Å². The molecule has 176 valence electrons. The molecule has 0 saturated carbocycles. The second kappa shape index (κ2) is 9.11. The van der Waals surface area contributed by atoms with Gasteiger partial charge in [-0.3, -0.25) is 0 Å². The summed E-state index contributed by atoms with van der Waals surface area (Å²) in [6, 6.07) is 1.81. The minimum atomic E-state index is -0.528. The Balaban J connectivity index is 1.49. The molecule has 1 amide bonds. The lowest BCUT2D eigenvalue weighted by Gasteiger charge is -2.40. The monoisotopic (exact) mass is 507 g/mol. The zero-order valence-corrected chi connectivity index (χ0v) is 21.3. The standard InChI is InChI=1S/C21H26ClN7O2S2/c1-20(2,3)31-19(30)26-21(4)6-9-29(10-7-21)18-16-15(27-33-28-16)13(11-25-18)32-12-5-8-24-17(23)14(12)22/h5,8,11H,6-7,9-10H2,1-4H3,(H2,23,24)(H,26,30). The molecular weight excluding hydrogens is 482 g/mol. The molecule has 0 atom stereocenters. The van der Waals surface area contributed by atoms with E-state index in [0.717, 1.165) is 64.3 Å². The molecule has 0 bridgehead atoms. The number of nitrogens with two attached hydrogens (primary N) is 1. The minimum absolute atomic E-state index is 0.287. The molecule has 0 aliphatic carbocycles. The van der Waals surface area contributed by atoms with Gasteiger partial charge < -0.3 is 20.7 Å². The largest absolute Gasteiger partial charge is 0.444 e. The van der Waals surface area contributed by atoms with Crippen LogP contribution >= 0.6 is 35.1 Å². The molecule has 1 fully saturated rings. The zero-order chi connectivity index (χ0) is 23.8. The number of amides is 1. The van der Waals surface area contributed by atoms with Gasteiger partial charge in [-0.25, -0.2) is 14.8 Å². The molecule has 9 nitrogen and oxygen atoms in total. The number of alkyl carbamates (subject to hydrolysis) is 1. The lowest BCUT2D eigenvalue weighted by Crippen LogP contribution is -2.54. The summed E-state index contributed by atoms with van der Waals surface area (Å²) in [4.78, 5) is 24.8. The highest BCUT2D eigenvalue weighted by Crippen LogP contribution is 2.40. The number of carbonyl (C=O) groups is 1. The molecule has 4 rings (SSSR count).